The number of ether oxygens (including phenoxy) is 1. The van der Waals surface area contributed by atoms with Crippen molar-refractivity contribution in [3.63, 3.8) is 0 Å². The van der Waals surface area contributed by atoms with Gasteiger partial charge in [0.15, 0.2) is 6.61 Å². The minimum atomic E-state index is -0.992. The molecule has 9 rings (SSSR count). The highest BCUT2D eigenvalue weighted by atomic mass is 35.5. The van der Waals surface area contributed by atoms with Gasteiger partial charge in [-0.15, -0.1) is 0 Å². The van der Waals surface area contributed by atoms with Crippen molar-refractivity contribution in [1.82, 2.24) is 39.9 Å². The summed E-state index contributed by atoms with van der Waals surface area (Å²) in [5.41, 5.74) is 2.43. The highest BCUT2D eigenvalue weighted by molar-refractivity contribution is 6.30. The Hall–Kier alpha value is -6.74. The van der Waals surface area contributed by atoms with Crippen LogP contribution in [0.15, 0.2) is 71.3 Å². The number of benzene rings is 3. The summed E-state index contributed by atoms with van der Waals surface area (Å²) in [7, 11) is 0. The van der Waals surface area contributed by atoms with Gasteiger partial charge in [-0.25, -0.2) is 0 Å². The lowest BCUT2D eigenvalue weighted by Crippen LogP contribution is -2.54. The molecule has 2 atom stereocenters. The van der Waals surface area contributed by atoms with Crippen LogP contribution in [0.5, 0.6) is 5.75 Å². The van der Waals surface area contributed by atoms with E-state index in [2.05, 4.69) is 30.5 Å². The number of aryl methyl sites for hydroxylation is 1. The second kappa shape index (κ2) is 23.0. The Morgan fingerprint density at radius 2 is 1.52 bits per heavy atom. The van der Waals surface area contributed by atoms with Gasteiger partial charge >= 0.3 is 5.69 Å². The van der Waals surface area contributed by atoms with Gasteiger partial charge in [0.1, 0.15) is 11.8 Å². The quantitative estimate of drug-likeness (QED) is 0.0579. The predicted molar refractivity (Wildman–Crippen MR) is 268 cm³/mol. The van der Waals surface area contributed by atoms with E-state index in [1.54, 1.807) is 23.1 Å². The van der Waals surface area contributed by atoms with Gasteiger partial charge in [-0.3, -0.25) is 54.0 Å². The predicted octanol–water partition coefficient (Wildman–Crippen LogP) is 5.01. The van der Waals surface area contributed by atoms with Crippen LogP contribution in [0.25, 0.3) is 0 Å². The lowest BCUT2D eigenvalue weighted by Gasteiger charge is -2.39. The van der Waals surface area contributed by atoms with Crippen molar-refractivity contribution in [2.75, 3.05) is 97.0 Å². The van der Waals surface area contributed by atoms with E-state index in [1.165, 1.54) is 6.92 Å². The molecule has 21 heteroatoms. The lowest BCUT2D eigenvalue weighted by molar-refractivity contribution is -0.386. The third-order valence-corrected chi connectivity index (χ3v) is 15.1. The molecule has 4 aromatic rings. The van der Waals surface area contributed by atoms with Gasteiger partial charge in [-0.05, 0) is 92.1 Å². The summed E-state index contributed by atoms with van der Waals surface area (Å²) in [4.78, 5) is 100.0. The Bertz CT molecular complexity index is 2690. The van der Waals surface area contributed by atoms with Gasteiger partial charge in [-0.2, -0.15) is 0 Å². The molecule has 6 heterocycles. The zero-order chi connectivity index (χ0) is 51.2. The van der Waals surface area contributed by atoms with Gasteiger partial charge < -0.3 is 34.2 Å². The molecule has 2 unspecified atom stereocenters. The first-order valence-corrected chi connectivity index (χ1v) is 25.6. The molecule has 1 aromatic heterocycles. The van der Waals surface area contributed by atoms with E-state index >= 15 is 0 Å². The smallest absolute Gasteiger partial charge is 0.344 e. The maximum atomic E-state index is 13.4. The van der Waals surface area contributed by atoms with Crippen LogP contribution >= 0.6 is 11.6 Å². The highest BCUT2D eigenvalue weighted by Gasteiger charge is 2.46. The normalized spacial score (nSPS) is 19.8. The number of amides is 6. The molecule has 0 saturated carbocycles. The average molecular weight is 1020 g/mol. The molecular weight excluding hydrogens is 960 g/mol. The Labute approximate surface area is 428 Å². The van der Waals surface area contributed by atoms with Crippen LogP contribution in [-0.4, -0.2) is 173 Å². The molecule has 73 heavy (non-hydrogen) atoms. The number of carbonyl (C=O) groups excluding carboxylic acids is 6. The Morgan fingerprint density at radius 3 is 2.21 bits per heavy atom. The molecule has 0 aliphatic carbocycles. The standard InChI is InChI=1S/C52H61ClN10O10/c1-34-47(63(70)71)46(56-73-34)52(69)61-30-28-60(29-31-61)48(36-8-12-38(53)13-9-36)37-10-14-39(15-11-37)72-33-44(65)59-22-18-35(19-23-59)32-58-26-24-57(25-27-58)21-4-2-3-20-54-41-7-5-6-40-45(41)51(68)62(50(40)67)42-16-17-43(64)55-49(42)66/h5-15,35,42,48,54H,2-4,16-33H2,1H3,(H,55,64,66). The molecule has 3 aromatic carbocycles. The second-order valence-corrected chi connectivity index (χ2v) is 19.9. The fraction of sp³-hybridized carbons (Fsp3) is 0.481. The number of unbranched alkanes of at least 4 members (excludes halogenated alkanes) is 2. The molecule has 0 spiro atoms. The lowest BCUT2D eigenvalue weighted by atomic mass is 9.96. The fourth-order valence-corrected chi connectivity index (χ4v) is 10.9. The first-order chi connectivity index (χ1) is 35.3. The Morgan fingerprint density at radius 1 is 0.836 bits per heavy atom. The van der Waals surface area contributed by atoms with Crippen molar-refractivity contribution >= 4 is 58.4 Å². The molecular formula is C52H61ClN10O10. The van der Waals surface area contributed by atoms with Crippen molar-refractivity contribution in [1.29, 1.82) is 0 Å². The van der Waals surface area contributed by atoms with E-state index in [0.717, 1.165) is 87.4 Å². The van der Waals surface area contributed by atoms with Crippen LogP contribution in [0.3, 0.4) is 0 Å². The molecule has 5 aliphatic heterocycles. The summed E-state index contributed by atoms with van der Waals surface area (Å²) in [6.07, 6.45) is 5.07. The zero-order valence-corrected chi connectivity index (χ0v) is 41.7. The molecule has 386 valence electrons. The number of carbonyl (C=O) groups is 6. The van der Waals surface area contributed by atoms with Crippen LogP contribution < -0.4 is 15.4 Å². The SMILES string of the molecule is Cc1onc(C(=O)N2CCN(C(c3ccc(Cl)cc3)c3ccc(OCC(=O)N4CCC(CN5CCN(CCCCCNc6cccc7c6C(=O)N(C6CCC(=O)NC6=O)C7=O)CC5)CC4)cc3)CC2)c1[N+](=O)[O-]. The number of anilines is 1. The third-order valence-electron chi connectivity index (χ3n) is 14.8. The van der Waals surface area contributed by atoms with Gasteiger partial charge in [0.2, 0.25) is 23.3 Å². The van der Waals surface area contributed by atoms with Gasteiger partial charge in [-0.1, -0.05) is 53.5 Å². The number of nitro groups is 1. The number of imide groups is 2. The molecule has 4 saturated heterocycles. The van der Waals surface area contributed by atoms with Gasteiger partial charge in [0, 0.05) is 103 Å². The summed E-state index contributed by atoms with van der Waals surface area (Å²) in [6, 6.07) is 19.3. The topological polar surface area (TPSA) is 224 Å². The number of likely N-dealkylation sites (tertiary alicyclic amines) is 1. The van der Waals surface area contributed by atoms with Crippen molar-refractivity contribution < 1.29 is 43.0 Å². The van der Waals surface area contributed by atoms with Crippen molar-refractivity contribution in [3.8, 4) is 5.75 Å². The number of rotatable bonds is 18. The van der Waals surface area contributed by atoms with Crippen LogP contribution in [0.1, 0.15) is 99.1 Å². The Kier molecular flexibility index (Phi) is 16.1. The minimum Gasteiger partial charge on any atom is -0.484 e. The maximum Gasteiger partial charge on any atom is 0.344 e. The van der Waals surface area contributed by atoms with E-state index in [-0.39, 0.29) is 54.0 Å². The summed E-state index contributed by atoms with van der Waals surface area (Å²) in [5, 5.41) is 21.5. The summed E-state index contributed by atoms with van der Waals surface area (Å²) in [6.45, 7) is 11.2. The number of piperidine rings is 2. The largest absolute Gasteiger partial charge is 0.484 e. The van der Waals surface area contributed by atoms with E-state index in [4.69, 9.17) is 20.9 Å². The monoisotopic (exact) mass is 1020 g/mol. The molecule has 6 amide bonds. The molecule has 0 bridgehead atoms. The van der Waals surface area contributed by atoms with Crippen molar-refractivity contribution in [3.05, 3.63) is 116 Å². The van der Waals surface area contributed by atoms with Crippen LogP contribution in [0.4, 0.5) is 11.4 Å². The number of aromatic nitrogens is 1. The third kappa shape index (κ3) is 11.7. The van der Waals surface area contributed by atoms with E-state index < -0.39 is 46.2 Å². The molecule has 2 N–H and O–H groups in total. The number of nitrogens with zero attached hydrogens (tertiary/aromatic N) is 8. The van der Waals surface area contributed by atoms with Crippen molar-refractivity contribution in [2.45, 2.75) is 64.0 Å². The van der Waals surface area contributed by atoms with E-state index in [0.29, 0.717) is 68.2 Å². The molecule has 20 nitrogen and oxygen atoms in total. The number of nitrogens with one attached hydrogen (secondary N) is 2. The molecule has 0 radical (unpaired) electrons. The zero-order valence-electron chi connectivity index (χ0n) is 41.0. The highest BCUT2D eigenvalue weighted by Crippen LogP contribution is 2.35. The first kappa shape index (κ1) is 51.2. The number of piperazine rings is 2. The fourth-order valence-electron chi connectivity index (χ4n) is 10.7. The summed E-state index contributed by atoms with van der Waals surface area (Å²) >= 11 is 6.26. The summed E-state index contributed by atoms with van der Waals surface area (Å²) < 4.78 is 11.0. The Balaban J connectivity index is 0.660. The second-order valence-electron chi connectivity index (χ2n) is 19.5. The van der Waals surface area contributed by atoms with Crippen LogP contribution in [-0.2, 0) is 14.4 Å². The number of fused-ring (bicyclic) bond motifs is 1. The van der Waals surface area contributed by atoms with Crippen LogP contribution in [0, 0.1) is 23.0 Å². The molecule has 5 aliphatic rings. The van der Waals surface area contributed by atoms with E-state index in [9.17, 15) is 38.9 Å². The van der Waals surface area contributed by atoms with Gasteiger partial charge in [0.25, 0.3) is 23.6 Å². The molecule has 4 fully saturated rings. The minimum absolute atomic E-state index is 0.0129. The first-order valence-electron chi connectivity index (χ1n) is 25.3. The number of halogens is 1. The van der Waals surface area contributed by atoms with E-state index in [1.807, 2.05) is 53.4 Å². The summed E-state index contributed by atoms with van der Waals surface area (Å²) in [5.74, 6) is -1.50. The van der Waals surface area contributed by atoms with Crippen LogP contribution in [0.2, 0.25) is 5.02 Å². The number of hydrogen-bond donors (Lipinski definition) is 2. The maximum absolute atomic E-state index is 13.4. The van der Waals surface area contributed by atoms with Crippen molar-refractivity contribution in [2.24, 2.45) is 5.92 Å². The van der Waals surface area contributed by atoms with Gasteiger partial charge in [0.05, 0.1) is 22.1 Å². The number of hydrogen-bond acceptors (Lipinski definition) is 15. The average Bonchev–Trinajstić information content (AvgIpc) is 3.91.